The maximum absolute atomic E-state index is 11.9. The highest BCUT2D eigenvalue weighted by Gasteiger charge is 2.16. The molecule has 0 aromatic heterocycles. The van der Waals surface area contributed by atoms with E-state index >= 15 is 0 Å². The highest BCUT2D eigenvalue weighted by molar-refractivity contribution is 5.72. The maximum Gasteiger partial charge on any atom is 0.308 e. The smallest absolute Gasteiger partial charge is 0.308 e. The second kappa shape index (κ2) is 20.0. The highest BCUT2D eigenvalue weighted by Crippen LogP contribution is 2.14. The van der Waals surface area contributed by atoms with Gasteiger partial charge in [-0.05, 0) is 26.9 Å². The molecule has 0 aliphatic rings. The van der Waals surface area contributed by atoms with Crippen LogP contribution in [0.4, 0.5) is 0 Å². The normalized spacial score (nSPS) is 12.5. The van der Waals surface area contributed by atoms with Crippen molar-refractivity contribution in [3.63, 3.8) is 0 Å². The van der Waals surface area contributed by atoms with Gasteiger partial charge in [-0.1, -0.05) is 26.7 Å². The van der Waals surface area contributed by atoms with Crippen LogP contribution < -0.4 is 0 Å². The standard InChI is InChI=1S/C20H41NO6/c1-5-7-8-19(6-2)20(22)27-18-17-26-16-15-25-14-13-24-12-11-23-10-9-21(3)4/h19H,5-18H2,1-4H3. The summed E-state index contributed by atoms with van der Waals surface area (Å²) < 4.78 is 26.9. The Balaban J connectivity index is 3.27. The number of ether oxygens (including phenoxy) is 5. The first-order valence-corrected chi connectivity index (χ1v) is 10.2. The number of hydrogen-bond acceptors (Lipinski definition) is 7. The molecule has 0 radical (unpaired) electrons. The quantitative estimate of drug-likeness (QED) is 0.233. The number of rotatable bonds is 20. The van der Waals surface area contributed by atoms with Gasteiger partial charge in [0.25, 0.3) is 0 Å². The third-order valence-electron chi connectivity index (χ3n) is 4.00. The lowest BCUT2D eigenvalue weighted by atomic mass is 10.00. The number of carbonyl (C=O) groups is 1. The van der Waals surface area contributed by atoms with Crippen molar-refractivity contribution in [1.82, 2.24) is 4.90 Å². The summed E-state index contributed by atoms with van der Waals surface area (Å²) in [6.45, 7) is 9.75. The number of hydrogen-bond donors (Lipinski definition) is 0. The van der Waals surface area contributed by atoms with Gasteiger partial charge in [0.1, 0.15) is 6.61 Å². The van der Waals surface area contributed by atoms with Crippen LogP contribution in [0.5, 0.6) is 0 Å². The Morgan fingerprint density at radius 3 is 1.70 bits per heavy atom. The summed E-state index contributed by atoms with van der Waals surface area (Å²) in [6.07, 6.45) is 3.90. The summed E-state index contributed by atoms with van der Waals surface area (Å²) in [5, 5.41) is 0. The fraction of sp³-hybridized carbons (Fsp3) is 0.950. The van der Waals surface area contributed by atoms with Gasteiger partial charge in [-0.2, -0.15) is 0 Å². The SMILES string of the molecule is CCCCC(CC)C(=O)OCCOCCOCCOCCOCCN(C)C. The molecule has 0 rings (SSSR count). The Bertz CT molecular complexity index is 328. The Hall–Kier alpha value is -0.730. The topological polar surface area (TPSA) is 66.5 Å². The summed E-state index contributed by atoms with van der Waals surface area (Å²) in [5.41, 5.74) is 0. The molecule has 7 heteroatoms. The maximum atomic E-state index is 11.9. The molecule has 27 heavy (non-hydrogen) atoms. The van der Waals surface area contributed by atoms with Crippen LogP contribution >= 0.6 is 0 Å². The van der Waals surface area contributed by atoms with Crippen molar-refractivity contribution in [2.75, 3.05) is 80.1 Å². The Labute approximate surface area is 165 Å². The van der Waals surface area contributed by atoms with E-state index < -0.39 is 0 Å². The third-order valence-corrected chi connectivity index (χ3v) is 4.00. The van der Waals surface area contributed by atoms with Crippen molar-refractivity contribution < 1.29 is 28.5 Å². The minimum atomic E-state index is -0.103. The van der Waals surface area contributed by atoms with Crippen LogP contribution in [-0.2, 0) is 28.5 Å². The van der Waals surface area contributed by atoms with Gasteiger partial charge >= 0.3 is 5.97 Å². The van der Waals surface area contributed by atoms with Crippen molar-refractivity contribution in [3.8, 4) is 0 Å². The van der Waals surface area contributed by atoms with Gasteiger partial charge in [0, 0.05) is 6.54 Å². The van der Waals surface area contributed by atoms with Crippen molar-refractivity contribution in [2.24, 2.45) is 5.92 Å². The van der Waals surface area contributed by atoms with E-state index in [4.69, 9.17) is 23.7 Å². The summed E-state index contributed by atoms with van der Waals surface area (Å²) in [7, 11) is 4.04. The molecule has 162 valence electrons. The number of carbonyl (C=O) groups excluding carboxylic acids is 1. The van der Waals surface area contributed by atoms with Crippen LogP contribution in [-0.4, -0.2) is 91.0 Å². The van der Waals surface area contributed by atoms with Crippen LogP contribution in [0.15, 0.2) is 0 Å². The van der Waals surface area contributed by atoms with E-state index in [0.717, 1.165) is 38.8 Å². The van der Waals surface area contributed by atoms with E-state index in [9.17, 15) is 4.79 Å². The molecular weight excluding hydrogens is 350 g/mol. The van der Waals surface area contributed by atoms with E-state index in [2.05, 4.69) is 11.8 Å². The molecule has 0 spiro atoms. The molecule has 0 aliphatic heterocycles. The molecule has 1 unspecified atom stereocenters. The van der Waals surface area contributed by atoms with Crippen LogP contribution in [0.25, 0.3) is 0 Å². The van der Waals surface area contributed by atoms with Crippen LogP contribution in [0.3, 0.4) is 0 Å². The molecule has 0 aliphatic carbocycles. The van der Waals surface area contributed by atoms with E-state index in [1.807, 2.05) is 21.0 Å². The number of nitrogens with zero attached hydrogens (tertiary/aromatic N) is 1. The van der Waals surface area contributed by atoms with E-state index in [1.165, 1.54) is 0 Å². The molecule has 0 amide bonds. The van der Waals surface area contributed by atoms with Crippen molar-refractivity contribution in [3.05, 3.63) is 0 Å². The summed E-state index contributed by atoms with van der Waals surface area (Å²) in [5.74, 6) is -0.0830. The first kappa shape index (κ1) is 26.3. The van der Waals surface area contributed by atoms with Crippen molar-refractivity contribution >= 4 is 5.97 Å². The summed E-state index contributed by atoms with van der Waals surface area (Å²) >= 11 is 0. The first-order valence-electron chi connectivity index (χ1n) is 10.2. The molecule has 0 N–H and O–H groups in total. The molecular formula is C20H41NO6. The monoisotopic (exact) mass is 391 g/mol. The van der Waals surface area contributed by atoms with Gasteiger partial charge in [0.05, 0.1) is 58.8 Å². The molecule has 0 heterocycles. The largest absolute Gasteiger partial charge is 0.463 e. The van der Waals surface area contributed by atoms with Gasteiger partial charge in [-0.3, -0.25) is 4.79 Å². The summed E-state index contributed by atoms with van der Waals surface area (Å²) in [4.78, 5) is 14.0. The molecule has 0 aromatic carbocycles. The second-order valence-electron chi connectivity index (χ2n) is 6.67. The zero-order valence-corrected chi connectivity index (χ0v) is 17.9. The molecule has 0 saturated carbocycles. The van der Waals surface area contributed by atoms with Gasteiger partial charge in [0.2, 0.25) is 0 Å². The Morgan fingerprint density at radius 1 is 0.778 bits per heavy atom. The van der Waals surface area contributed by atoms with Gasteiger partial charge in [-0.15, -0.1) is 0 Å². The average molecular weight is 392 g/mol. The Kier molecular flexibility index (Phi) is 19.5. The summed E-state index contributed by atoms with van der Waals surface area (Å²) in [6, 6.07) is 0. The van der Waals surface area contributed by atoms with Crippen LogP contribution in [0.2, 0.25) is 0 Å². The molecule has 0 aromatic rings. The lowest BCUT2D eigenvalue weighted by molar-refractivity contribution is -0.150. The van der Waals surface area contributed by atoms with Crippen LogP contribution in [0.1, 0.15) is 39.5 Å². The van der Waals surface area contributed by atoms with Gasteiger partial charge in [-0.25, -0.2) is 0 Å². The number of esters is 1. The average Bonchev–Trinajstić information content (AvgIpc) is 2.65. The van der Waals surface area contributed by atoms with Crippen LogP contribution in [0, 0.1) is 5.92 Å². The number of unbranched alkanes of at least 4 members (excludes halogenated alkanes) is 1. The fourth-order valence-electron chi connectivity index (χ4n) is 2.27. The number of likely N-dealkylation sites (N-methyl/N-ethyl adjacent to an activating group) is 1. The zero-order chi connectivity index (χ0) is 20.2. The molecule has 0 bridgehead atoms. The lowest BCUT2D eigenvalue weighted by Gasteiger charge is -2.13. The molecule has 0 saturated heterocycles. The van der Waals surface area contributed by atoms with Gasteiger partial charge < -0.3 is 28.6 Å². The minimum absolute atomic E-state index is 0.0201. The second-order valence-corrected chi connectivity index (χ2v) is 6.67. The first-order chi connectivity index (χ1) is 13.1. The van der Waals surface area contributed by atoms with Crippen molar-refractivity contribution in [2.45, 2.75) is 39.5 Å². The molecule has 7 nitrogen and oxygen atoms in total. The predicted octanol–water partition coefficient (Wildman–Crippen LogP) is 2.37. The molecule has 1 atom stereocenters. The fourth-order valence-corrected chi connectivity index (χ4v) is 2.27. The minimum Gasteiger partial charge on any atom is -0.463 e. The van der Waals surface area contributed by atoms with E-state index in [0.29, 0.717) is 52.9 Å². The third kappa shape index (κ3) is 18.4. The van der Waals surface area contributed by atoms with E-state index in [1.54, 1.807) is 0 Å². The highest BCUT2D eigenvalue weighted by atomic mass is 16.6. The van der Waals surface area contributed by atoms with Gasteiger partial charge in [0.15, 0.2) is 0 Å². The Morgan fingerprint density at radius 2 is 1.26 bits per heavy atom. The van der Waals surface area contributed by atoms with Crippen molar-refractivity contribution in [1.29, 1.82) is 0 Å². The molecule has 0 fully saturated rings. The lowest BCUT2D eigenvalue weighted by Crippen LogP contribution is -2.20. The zero-order valence-electron chi connectivity index (χ0n) is 17.9. The predicted molar refractivity (Wildman–Crippen MR) is 106 cm³/mol. The van der Waals surface area contributed by atoms with E-state index in [-0.39, 0.29) is 11.9 Å².